The molecule has 2 aliphatic rings. The standard InChI is InChI=1S/C21H25BrN4O2/c1-13-11-25(20(28)9-14(2)22)8-6-16(13)18-10-19(26(12-27)15-3-4-15)24-21-17(18)5-7-23-21/h5-7,10,12-15H,3-4,8-9,11H2,1-2H3,(H,23,24). The Balaban J connectivity index is 1.68. The van der Waals surface area contributed by atoms with Crippen LogP contribution in [-0.4, -0.2) is 51.1 Å². The van der Waals surface area contributed by atoms with Gasteiger partial charge in [0.25, 0.3) is 0 Å². The zero-order chi connectivity index (χ0) is 19.8. The number of hydrogen-bond acceptors (Lipinski definition) is 3. The number of anilines is 1. The minimum Gasteiger partial charge on any atom is -0.346 e. The molecule has 0 bridgehead atoms. The second kappa shape index (κ2) is 7.70. The number of amides is 2. The van der Waals surface area contributed by atoms with Gasteiger partial charge in [-0.1, -0.05) is 35.9 Å². The lowest BCUT2D eigenvalue weighted by molar-refractivity contribution is -0.131. The van der Waals surface area contributed by atoms with E-state index in [1.165, 1.54) is 5.57 Å². The zero-order valence-corrected chi connectivity index (χ0v) is 17.8. The minimum atomic E-state index is 0.176. The number of rotatable bonds is 6. The number of alkyl halides is 1. The van der Waals surface area contributed by atoms with Crippen molar-refractivity contribution in [3.05, 3.63) is 30.0 Å². The first kappa shape index (κ1) is 19.2. The maximum atomic E-state index is 12.4. The number of aromatic nitrogens is 2. The van der Waals surface area contributed by atoms with E-state index in [4.69, 9.17) is 0 Å². The Hall–Kier alpha value is -2.15. The van der Waals surface area contributed by atoms with Crippen LogP contribution in [0.3, 0.4) is 0 Å². The normalized spacial score (nSPS) is 20.8. The number of fused-ring (bicyclic) bond motifs is 1. The summed E-state index contributed by atoms with van der Waals surface area (Å²) >= 11 is 3.47. The van der Waals surface area contributed by atoms with E-state index in [0.29, 0.717) is 25.3 Å². The monoisotopic (exact) mass is 444 g/mol. The first-order valence-electron chi connectivity index (χ1n) is 9.82. The molecule has 1 aliphatic heterocycles. The van der Waals surface area contributed by atoms with E-state index in [1.54, 1.807) is 4.90 Å². The van der Waals surface area contributed by atoms with Gasteiger partial charge in [-0.15, -0.1) is 0 Å². The van der Waals surface area contributed by atoms with Crippen LogP contribution in [0.2, 0.25) is 0 Å². The fourth-order valence-corrected chi connectivity index (χ4v) is 4.21. The van der Waals surface area contributed by atoms with Crippen molar-refractivity contribution in [3.8, 4) is 0 Å². The summed E-state index contributed by atoms with van der Waals surface area (Å²) < 4.78 is 0. The van der Waals surface area contributed by atoms with E-state index in [0.717, 1.165) is 35.8 Å². The molecule has 2 unspecified atom stereocenters. The third kappa shape index (κ3) is 3.72. The molecule has 1 fully saturated rings. The Morgan fingerprint density at radius 2 is 2.29 bits per heavy atom. The topological polar surface area (TPSA) is 69.3 Å². The highest BCUT2D eigenvalue weighted by Gasteiger charge is 2.31. The molecule has 7 heteroatoms. The van der Waals surface area contributed by atoms with Gasteiger partial charge in [0, 0.05) is 42.0 Å². The number of carbonyl (C=O) groups is 2. The molecule has 2 aromatic heterocycles. The van der Waals surface area contributed by atoms with Crippen LogP contribution < -0.4 is 4.90 Å². The molecule has 6 nitrogen and oxygen atoms in total. The number of aromatic amines is 1. The highest BCUT2D eigenvalue weighted by molar-refractivity contribution is 9.09. The highest BCUT2D eigenvalue weighted by Crippen LogP contribution is 2.36. The van der Waals surface area contributed by atoms with Crippen LogP contribution in [0.1, 0.15) is 38.7 Å². The summed E-state index contributed by atoms with van der Waals surface area (Å²) in [6, 6.07) is 4.33. The molecule has 28 heavy (non-hydrogen) atoms. The smallest absolute Gasteiger partial charge is 0.223 e. The van der Waals surface area contributed by atoms with Gasteiger partial charge >= 0.3 is 0 Å². The molecular formula is C21H25BrN4O2. The number of hydrogen-bond donors (Lipinski definition) is 1. The Morgan fingerprint density at radius 3 is 2.93 bits per heavy atom. The minimum absolute atomic E-state index is 0.176. The van der Waals surface area contributed by atoms with Crippen molar-refractivity contribution in [1.82, 2.24) is 14.9 Å². The predicted octanol–water partition coefficient (Wildman–Crippen LogP) is 3.72. The summed E-state index contributed by atoms with van der Waals surface area (Å²) in [5.41, 5.74) is 3.10. The molecule has 2 aromatic rings. The summed E-state index contributed by atoms with van der Waals surface area (Å²) in [5.74, 6) is 1.08. The van der Waals surface area contributed by atoms with E-state index >= 15 is 0 Å². The van der Waals surface area contributed by atoms with Crippen LogP contribution in [0.5, 0.6) is 0 Å². The number of nitrogens with one attached hydrogen (secondary N) is 1. The number of H-pyrrole nitrogens is 1. The molecule has 2 atom stereocenters. The van der Waals surface area contributed by atoms with Crippen molar-refractivity contribution in [2.75, 3.05) is 18.0 Å². The highest BCUT2D eigenvalue weighted by atomic mass is 79.9. The maximum Gasteiger partial charge on any atom is 0.223 e. The van der Waals surface area contributed by atoms with Crippen LogP contribution in [0.25, 0.3) is 16.6 Å². The van der Waals surface area contributed by atoms with Crippen molar-refractivity contribution < 1.29 is 9.59 Å². The Kier molecular flexibility index (Phi) is 5.27. The van der Waals surface area contributed by atoms with E-state index in [1.807, 2.05) is 30.2 Å². The van der Waals surface area contributed by atoms with Crippen molar-refractivity contribution >= 4 is 50.7 Å². The van der Waals surface area contributed by atoms with E-state index in [2.05, 4.69) is 38.9 Å². The molecule has 0 saturated heterocycles. The number of nitrogens with zero attached hydrogens (tertiary/aromatic N) is 3. The van der Waals surface area contributed by atoms with Crippen molar-refractivity contribution in [2.45, 2.75) is 44.0 Å². The van der Waals surface area contributed by atoms with Gasteiger partial charge in [0.15, 0.2) is 0 Å². The van der Waals surface area contributed by atoms with E-state index in [-0.39, 0.29) is 22.7 Å². The quantitative estimate of drug-likeness (QED) is 0.544. The largest absolute Gasteiger partial charge is 0.346 e. The third-order valence-corrected chi connectivity index (χ3v) is 5.83. The molecule has 1 saturated carbocycles. The average Bonchev–Trinajstić information content (AvgIpc) is 3.37. The lowest BCUT2D eigenvalue weighted by atomic mass is 9.89. The van der Waals surface area contributed by atoms with Crippen LogP contribution in [-0.2, 0) is 9.59 Å². The molecular weight excluding hydrogens is 420 g/mol. The third-order valence-electron chi connectivity index (χ3n) is 5.51. The van der Waals surface area contributed by atoms with Gasteiger partial charge < -0.3 is 9.88 Å². The summed E-state index contributed by atoms with van der Waals surface area (Å²) in [6.07, 6.45) is 7.49. The Bertz CT molecular complexity index is 932. The van der Waals surface area contributed by atoms with Gasteiger partial charge in [0.2, 0.25) is 12.3 Å². The summed E-state index contributed by atoms with van der Waals surface area (Å²) in [7, 11) is 0. The molecule has 0 radical (unpaired) electrons. The van der Waals surface area contributed by atoms with Crippen LogP contribution in [0.4, 0.5) is 5.82 Å². The molecule has 2 amide bonds. The van der Waals surface area contributed by atoms with Crippen molar-refractivity contribution in [1.29, 1.82) is 0 Å². The zero-order valence-electron chi connectivity index (χ0n) is 16.2. The first-order valence-corrected chi connectivity index (χ1v) is 10.7. The maximum absolute atomic E-state index is 12.4. The summed E-state index contributed by atoms with van der Waals surface area (Å²) in [6.45, 7) is 5.46. The van der Waals surface area contributed by atoms with E-state index in [9.17, 15) is 9.59 Å². The van der Waals surface area contributed by atoms with E-state index < -0.39 is 0 Å². The van der Waals surface area contributed by atoms with Gasteiger partial charge in [-0.25, -0.2) is 4.98 Å². The van der Waals surface area contributed by atoms with Crippen LogP contribution in [0.15, 0.2) is 24.4 Å². The first-order chi connectivity index (χ1) is 13.5. The van der Waals surface area contributed by atoms with Crippen LogP contribution >= 0.6 is 15.9 Å². The van der Waals surface area contributed by atoms with Gasteiger partial charge in [0.05, 0.1) is 0 Å². The van der Waals surface area contributed by atoms with Crippen molar-refractivity contribution in [2.24, 2.45) is 5.92 Å². The van der Waals surface area contributed by atoms with Crippen LogP contribution in [0, 0.1) is 5.92 Å². The molecule has 4 rings (SSSR count). The summed E-state index contributed by atoms with van der Waals surface area (Å²) in [4.78, 5) is 35.8. The fraction of sp³-hybridized carbons (Fsp3) is 0.476. The fourth-order valence-electron chi connectivity index (χ4n) is 3.94. The predicted molar refractivity (Wildman–Crippen MR) is 114 cm³/mol. The summed E-state index contributed by atoms with van der Waals surface area (Å²) in [5, 5.41) is 1.05. The molecule has 3 heterocycles. The van der Waals surface area contributed by atoms with Gasteiger partial charge in [-0.05, 0) is 42.0 Å². The second-order valence-corrected chi connectivity index (χ2v) is 9.42. The van der Waals surface area contributed by atoms with Gasteiger partial charge in [0.1, 0.15) is 11.5 Å². The molecule has 0 spiro atoms. The number of halogens is 1. The lowest BCUT2D eigenvalue weighted by Gasteiger charge is -2.32. The number of pyridine rings is 1. The molecule has 0 aromatic carbocycles. The van der Waals surface area contributed by atoms with Crippen molar-refractivity contribution in [3.63, 3.8) is 0 Å². The Labute approximate surface area is 173 Å². The average molecular weight is 445 g/mol. The molecule has 1 aliphatic carbocycles. The molecule has 1 N–H and O–H groups in total. The SMILES string of the molecule is CC(Br)CC(=O)N1CC=C(c2cc(N(C=O)C3CC3)nc3[nH]ccc23)C(C)C1. The number of carbonyl (C=O) groups excluding carboxylic acids is 2. The Morgan fingerprint density at radius 1 is 1.50 bits per heavy atom. The second-order valence-electron chi connectivity index (χ2n) is 7.86. The van der Waals surface area contributed by atoms with Gasteiger partial charge in [-0.3, -0.25) is 14.5 Å². The molecule has 148 valence electrons. The van der Waals surface area contributed by atoms with Gasteiger partial charge in [-0.2, -0.15) is 0 Å². The lowest BCUT2D eigenvalue weighted by Crippen LogP contribution is -2.39.